The molecule has 0 saturated heterocycles. The van der Waals surface area contributed by atoms with Crippen molar-refractivity contribution >= 4 is 28.6 Å². The fraction of sp³-hybridized carbons (Fsp3) is 0.333. The Morgan fingerprint density at radius 3 is 2.35 bits per heavy atom. The number of thiophene rings is 1. The summed E-state index contributed by atoms with van der Waals surface area (Å²) in [4.78, 5) is 1.20. The van der Waals surface area contributed by atoms with Crippen molar-refractivity contribution < 1.29 is 9.47 Å². The molecule has 0 aliphatic heterocycles. The van der Waals surface area contributed by atoms with Crippen LogP contribution in [-0.2, 0) is 0 Å². The zero-order valence-electron chi connectivity index (χ0n) is 12.0. The second-order valence-corrected chi connectivity index (χ2v) is 6.28. The van der Waals surface area contributed by atoms with E-state index in [-0.39, 0.29) is 6.04 Å². The Bertz CT molecular complexity index is 598. The van der Waals surface area contributed by atoms with Crippen molar-refractivity contribution in [2.75, 3.05) is 19.5 Å². The molecule has 0 fully saturated rings. The Kier molecular flexibility index (Phi) is 4.78. The smallest absolute Gasteiger partial charge is 0.162 e. The van der Waals surface area contributed by atoms with E-state index >= 15 is 0 Å². The van der Waals surface area contributed by atoms with Crippen LogP contribution in [0.5, 0.6) is 11.5 Å². The molecule has 2 aromatic rings. The van der Waals surface area contributed by atoms with Crippen molar-refractivity contribution in [3.8, 4) is 11.5 Å². The monoisotopic (exact) mass is 311 g/mol. The molecule has 1 atom stereocenters. The van der Waals surface area contributed by atoms with Crippen molar-refractivity contribution in [3.63, 3.8) is 0 Å². The molecular formula is C15H18ClNO2S. The minimum Gasteiger partial charge on any atom is -0.493 e. The van der Waals surface area contributed by atoms with Gasteiger partial charge in [0.05, 0.1) is 24.6 Å². The molecule has 5 heteroatoms. The minimum absolute atomic E-state index is 0.185. The largest absolute Gasteiger partial charge is 0.493 e. The summed E-state index contributed by atoms with van der Waals surface area (Å²) in [5.74, 6) is 1.46. The number of hydrogen-bond donors (Lipinski definition) is 1. The van der Waals surface area contributed by atoms with Crippen LogP contribution in [0.4, 0.5) is 5.69 Å². The predicted octanol–water partition coefficient (Wildman–Crippen LogP) is 4.90. The Balaban J connectivity index is 2.24. The van der Waals surface area contributed by atoms with Gasteiger partial charge in [-0.2, -0.15) is 0 Å². The van der Waals surface area contributed by atoms with Crippen molar-refractivity contribution in [2.24, 2.45) is 0 Å². The molecule has 0 saturated carbocycles. The first-order valence-electron chi connectivity index (χ1n) is 6.29. The average Bonchev–Trinajstić information content (AvgIpc) is 2.87. The van der Waals surface area contributed by atoms with Crippen LogP contribution in [0.2, 0.25) is 4.34 Å². The number of anilines is 1. The zero-order chi connectivity index (χ0) is 14.7. The second kappa shape index (κ2) is 6.37. The highest BCUT2D eigenvalue weighted by molar-refractivity contribution is 7.16. The second-order valence-electron chi connectivity index (χ2n) is 4.53. The number of halogens is 1. The highest BCUT2D eigenvalue weighted by Crippen LogP contribution is 2.35. The fourth-order valence-corrected chi connectivity index (χ4v) is 3.06. The van der Waals surface area contributed by atoms with E-state index in [2.05, 4.69) is 12.2 Å². The van der Waals surface area contributed by atoms with Gasteiger partial charge >= 0.3 is 0 Å². The lowest BCUT2D eigenvalue weighted by atomic mass is 10.1. The maximum absolute atomic E-state index is 5.98. The van der Waals surface area contributed by atoms with Crippen LogP contribution in [0.25, 0.3) is 0 Å². The normalized spacial score (nSPS) is 12.1. The van der Waals surface area contributed by atoms with E-state index in [1.165, 1.54) is 4.88 Å². The van der Waals surface area contributed by atoms with Crippen LogP contribution in [-0.4, -0.2) is 14.2 Å². The average molecular weight is 312 g/mol. The summed E-state index contributed by atoms with van der Waals surface area (Å²) in [6.07, 6.45) is 0. The van der Waals surface area contributed by atoms with Crippen LogP contribution in [0.1, 0.15) is 23.4 Å². The van der Waals surface area contributed by atoms with Crippen molar-refractivity contribution in [2.45, 2.75) is 19.9 Å². The summed E-state index contributed by atoms with van der Waals surface area (Å²) in [6, 6.07) is 8.07. The van der Waals surface area contributed by atoms with E-state index < -0.39 is 0 Å². The molecule has 1 aromatic heterocycles. The zero-order valence-corrected chi connectivity index (χ0v) is 13.6. The summed E-state index contributed by atoms with van der Waals surface area (Å²) < 4.78 is 11.4. The Morgan fingerprint density at radius 1 is 1.15 bits per heavy atom. The maximum atomic E-state index is 5.98. The predicted molar refractivity (Wildman–Crippen MR) is 85.6 cm³/mol. The van der Waals surface area contributed by atoms with Gasteiger partial charge in [-0.3, -0.25) is 0 Å². The SMILES string of the molecule is COc1cc(C)c(NC(C)c2ccc(Cl)s2)cc1OC. The number of ether oxygens (including phenoxy) is 2. The van der Waals surface area contributed by atoms with Gasteiger partial charge in [0.15, 0.2) is 11.5 Å². The van der Waals surface area contributed by atoms with E-state index in [9.17, 15) is 0 Å². The third kappa shape index (κ3) is 3.19. The van der Waals surface area contributed by atoms with E-state index in [0.29, 0.717) is 0 Å². The first kappa shape index (κ1) is 15.0. The van der Waals surface area contributed by atoms with E-state index in [0.717, 1.165) is 27.1 Å². The molecule has 108 valence electrons. The van der Waals surface area contributed by atoms with Gasteiger partial charge in [-0.05, 0) is 37.6 Å². The van der Waals surface area contributed by atoms with Gasteiger partial charge in [-0.25, -0.2) is 0 Å². The summed E-state index contributed by atoms with van der Waals surface area (Å²) >= 11 is 7.57. The molecule has 1 N–H and O–H groups in total. The third-order valence-electron chi connectivity index (χ3n) is 3.12. The van der Waals surface area contributed by atoms with E-state index in [1.54, 1.807) is 25.6 Å². The van der Waals surface area contributed by atoms with Gasteiger partial charge in [0.25, 0.3) is 0 Å². The number of rotatable bonds is 5. The standard InChI is InChI=1S/C15H18ClNO2S/c1-9-7-12(18-3)13(19-4)8-11(9)17-10(2)14-5-6-15(16)20-14/h5-8,10,17H,1-4H3. The molecule has 0 radical (unpaired) electrons. The van der Waals surface area contributed by atoms with Gasteiger partial charge in [0, 0.05) is 16.6 Å². The van der Waals surface area contributed by atoms with E-state index in [1.807, 2.05) is 31.2 Å². The van der Waals surface area contributed by atoms with Crippen LogP contribution in [0, 0.1) is 6.92 Å². The van der Waals surface area contributed by atoms with Gasteiger partial charge < -0.3 is 14.8 Å². The lowest BCUT2D eigenvalue weighted by Gasteiger charge is -2.18. The van der Waals surface area contributed by atoms with Crippen molar-refractivity contribution in [3.05, 3.63) is 39.0 Å². The molecule has 0 aliphatic rings. The highest BCUT2D eigenvalue weighted by Gasteiger charge is 2.12. The van der Waals surface area contributed by atoms with Crippen LogP contribution >= 0.6 is 22.9 Å². The van der Waals surface area contributed by atoms with Crippen LogP contribution in [0.15, 0.2) is 24.3 Å². The molecule has 2 rings (SSSR count). The third-order valence-corrected chi connectivity index (χ3v) is 4.54. The number of benzene rings is 1. The molecule has 0 amide bonds. The van der Waals surface area contributed by atoms with Gasteiger partial charge in [-0.15, -0.1) is 11.3 Å². The van der Waals surface area contributed by atoms with Crippen LogP contribution < -0.4 is 14.8 Å². The molecule has 0 aliphatic carbocycles. The van der Waals surface area contributed by atoms with Crippen molar-refractivity contribution in [1.29, 1.82) is 0 Å². The summed E-state index contributed by atoms with van der Waals surface area (Å²) in [5.41, 5.74) is 2.14. The Morgan fingerprint density at radius 2 is 1.80 bits per heavy atom. The first-order valence-corrected chi connectivity index (χ1v) is 7.49. The molecule has 1 aromatic carbocycles. The Hall–Kier alpha value is -1.39. The lowest BCUT2D eigenvalue weighted by Crippen LogP contribution is -2.06. The minimum atomic E-state index is 0.185. The number of aryl methyl sites for hydroxylation is 1. The molecule has 0 spiro atoms. The molecule has 20 heavy (non-hydrogen) atoms. The molecule has 0 bridgehead atoms. The van der Waals surface area contributed by atoms with Crippen molar-refractivity contribution in [1.82, 2.24) is 0 Å². The summed E-state index contributed by atoms with van der Waals surface area (Å²) in [7, 11) is 3.28. The van der Waals surface area contributed by atoms with Gasteiger partial charge in [-0.1, -0.05) is 11.6 Å². The topological polar surface area (TPSA) is 30.5 Å². The summed E-state index contributed by atoms with van der Waals surface area (Å²) in [5, 5.41) is 3.48. The molecular weight excluding hydrogens is 294 g/mol. The molecule has 3 nitrogen and oxygen atoms in total. The molecule has 1 heterocycles. The maximum Gasteiger partial charge on any atom is 0.162 e. The molecule has 1 unspecified atom stereocenters. The highest BCUT2D eigenvalue weighted by atomic mass is 35.5. The van der Waals surface area contributed by atoms with Gasteiger partial charge in [0.1, 0.15) is 0 Å². The number of nitrogens with one attached hydrogen (secondary N) is 1. The fourth-order valence-electron chi connectivity index (χ4n) is 2.00. The van der Waals surface area contributed by atoms with Gasteiger partial charge in [0.2, 0.25) is 0 Å². The first-order chi connectivity index (χ1) is 9.55. The van der Waals surface area contributed by atoms with E-state index in [4.69, 9.17) is 21.1 Å². The number of methoxy groups -OCH3 is 2. The number of hydrogen-bond acceptors (Lipinski definition) is 4. The summed E-state index contributed by atoms with van der Waals surface area (Å²) in [6.45, 7) is 4.15. The Labute approximate surface area is 128 Å². The van der Waals surface area contributed by atoms with Crippen LogP contribution in [0.3, 0.4) is 0 Å². The lowest BCUT2D eigenvalue weighted by molar-refractivity contribution is 0.355. The quantitative estimate of drug-likeness (QED) is 0.852.